The number of para-hydroxylation sites is 1. The van der Waals surface area contributed by atoms with Crippen LogP contribution in [0.1, 0.15) is 23.1 Å². The van der Waals surface area contributed by atoms with E-state index in [1.165, 1.54) is 4.90 Å². The van der Waals surface area contributed by atoms with Crippen LogP contribution < -0.4 is 10.2 Å². The highest BCUT2D eigenvalue weighted by molar-refractivity contribution is 7.98. The van der Waals surface area contributed by atoms with Crippen molar-refractivity contribution in [3.05, 3.63) is 114 Å². The molecule has 7 rings (SSSR count). The summed E-state index contributed by atoms with van der Waals surface area (Å²) in [5.74, 6) is -1.16. The second-order valence-electron chi connectivity index (χ2n) is 11.1. The Labute approximate surface area is 243 Å². The van der Waals surface area contributed by atoms with Gasteiger partial charge in [-0.15, -0.1) is 0 Å². The Morgan fingerprint density at radius 2 is 1.51 bits per heavy atom. The number of hydrogen-bond acceptors (Lipinski definition) is 5. The normalized spacial score (nSPS) is 25.0. The van der Waals surface area contributed by atoms with Gasteiger partial charge in [-0.1, -0.05) is 91.0 Å². The number of rotatable bonds is 7. The molecule has 3 heterocycles. The maximum atomic E-state index is 14.8. The zero-order chi connectivity index (χ0) is 28.1. The van der Waals surface area contributed by atoms with Crippen molar-refractivity contribution in [1.82, 2.24) is 10.2 Å². The first kappa shape index (κ1) is 26.0. The van der Waals surface area contributed by atoms with Crippen molar-refractivity contribution in [3.8, 4) is 0 Å². The number of benzene rings is 4. The van der Waals surface area contributed by atoms with E-state index in [0.29, 0.717) is 13.0 Å². The minimum Gasteiger partial charge on any atom is -0.306 e. The smallest absolute Gasteiger partial charge is 0.253 e. The lowest BCUT2D eigenvalue weighted by Gasteiger charge is -2.31. The zero-order valence-corrected chi connectivity index (χ0v) is 23.6. The fourth-order valence-electron chi connectivity index (χ4n) is 7.18. The fraction of sp³-hybridized carbons (Fsp3) is 0.265. The van der Waals surface area contributed by atoms with Crippen LogP contribution in [0.4, 0.5) is 5.69 Å². The predicted octanol–water partition coefficient (Wildman–Crippen LogP) is 5.11. The molecule has 4 atom stereocenters. The highest BCUT2D eigenvalue weighted by Crippen LogP contribution is 2.55. The van der Waals surface area contributed by atoms with E-state index in [2.05, 4.69) is 29.6 Å². The van der Waals surface area contributed by atoms with E-state index < -0.39 is 17.4 Å². The fourth-order valence-corrected chi connectivity index (χ4v) is 7.67. The van der Waals surface area contributed by atoms with Gasteiger partial charge in [-0.2, -0.15) is 11.8 Å². The first-order valence-corrected chi connectivity index (χ1v) is 15.5. The van der Waals surface area contributed by atoms with Gasteiger partial charge >= 0.3 is 0 Å². The van der Waals surface area contributed by atoms with Gasteiger partial charge in [0, 0.05) is 17.3 Å². The van der Waals surface area contributed by atoms with E-state index in [4.69, 9.17) is 0 Å². The zero-order valence-electron chi connectivity index (χ0n) is 22.8. The van der Waals surface area contributed by atoms with E-state index in [0.717, 1.165) is 38.9 Å². The highest BCUT2D eigenvalue weighted by atomic mass is 32.2. The molecule has 206 valence electrons. The molecule has 3 aliphatic heterocycles. The number of fused-ring (bicyclic) bond motifs is 5. The Hall–Kier alpha value is -3.94. The van der Waals surface area contributed by atoms with Crippen LogP contribution in [-0.2, 0) is 33.0 Å². The molecule has 3 aliphatic rings. The lowest BCUT2D eigenvalue weighted by atomic mass is 9.76. The van der Waals surface area contributed by atoms with Crippen LogP contribution in [0.25, 0.3) is 10.8 Å². The Kier molecular flexibility index (Phi) is 6.44. The number of carbonyl (C=O) groups is 3. The Morgan fingerprint density at radius 1 is 0.780 bits per heavy atom. The largest absolute Gasteiger partial charge is 0.306 e. The Balaban J connectivity index is 1.32. The number of likely N-dealkylation sites (tertiary alicyclic amines) is 1. The monoisotopic (exact) mass is 561 g/mol. The van der Waals surface area contributed by atoms with Crippen LogP contribution >= 0.6 is 11.8 Å². The SMILES string of the molecule is CSCC[C@@H]1N[C@]2(C(=O)N(Cc3cccc4ccccc34)c3ccccc32)[C@@H]2C(=O)N(Cc3ccccc3)C(=O)[C@@H]12. The average molecular weight is 562 g/mol. The van der Waals surface area contributed by atoms with Crippen molar-refractivity contribution in [1.29, 1.82) is 0 Å². The van der Waals surface area contributed by atoms with Crippen molar-refractivity contribution < 1.29 is 14.4 Å². The quantitative estimate of drug-likeness (QED) is 0.318. The second-order valence-corrected chi connectivity index (χ2v) is 12.1. The molecular formula is C34H31N3O3S. The Bertz CT molecular complexity index is 1670. The van der Waals surface area contributed by atoms with Crippen molar-refractivity contribution in [2.24, 2.45) is 11.8 Å². The van der Waals surface area contributed by atoms with E-state index in [1.807, 2.05) is 84.0 Å². The summed E-state index contributed by atoms with van der Waals surface area (Å²) in [6, 6.07) is 31.4. The molecule has 2 saturated heterocycles. The first-order valence-electron chi connectivity index (χ1n) is 14.1. The Morgan fingerprint density at radius 3 is 2.34 bits per heavy atom. The van der Waals surface area contributed by atoms with Gasteiger partial charge < -0.3 is 4.90 Å². The molecule has 4 aromatic rings. The van der Waals surface area contributed by atoms with Crippen LogP contribution in [0.15, 0.2) is 97.1 Å². The molecule has 41 heavy (non-hydrogen) atoms. The third kappa shape index (κ3) is 3.94. The van der Waals surface area contributed by atoms with Gasteiger partial charge in [0.2, 0.25) is 11.8 Å². The van der Waals surface area contributed by atoms with E-state index in [-0.39, 0.29) is 30.3 Å². The van der Waals surface area contributed by atoms with Crippen LogP contribution in [0.5, 0.6) is 0 Å². The molecule has 4 aromatic carbocycles. The molecule has 0 aliphatic carbocycles. The molecule has 0 bridgehead atoms. The number of hydrogen-bond donors (Lipinski definition) is 1. The minimum absolute atomic E-state index is 0.156. The summed E-state index contributed by atoms with van der Waals surface area (Å²) in [6.07, 6.45) is 2.73. The summed E-state index contributed by atoms with van der Waals surface area (Å²) in [6.45, 7) is 0.593. The second kappa shape index (κ2) is 10.2. The molecule has 0 radical (unpaired) electrons. The third-order valence-corrected chi connectivity index (χ3v) is 9.63. The van der Waals surface area contributed by atoms with Gasteiger partial charge in [-0.25, -0.2) is 0 Å². The van der Waals surface area contributed by atoms with Crippen molar-refractivity contribution in [3.63, 3.8) is 0 Å². The maximum absolute atomic E-state index is 14.8. The van der Waals surface area contributed by atoms with Gasteiger partial charge in [0.1, 0.15) is 5.54 Å². The summed E-state index contributed by atoms with van der Waals surface area (Å²) >= 11 is 1.70. The average Bonchev–Trinajstić information content (AvgIpc) is 3.56. The van der Waals surface area contributed by atoms with Crippen LogP contribution in [-0.4, -0.2) is 40.7 Å². The van der Waals surface area contributed by atoms with Crippen LogP contribution in [0.2, 0.25) is 0 Å². The van der Waals surface area contributed by atoms with Crippen molar-refractivity contribution in [2.75, 3.05) is 16.9 Å². The topological polar surface area (TPSA) is 69.7 Å². The maximum Gasteiger partial charge on any atom is 0.253 e. The standard InChI is InChI=1S/C34H31N3O3S/c1-41-19-18-27-29-30(32(39)37(31(29)38)20-22-10-3-2-4-11-22)34(35-27)26-16-7-8-17-28(26)36(33(34)40)21-24-14-9-13-23-12-5-6-15-25(23)24/h2-17,27,29-30,35H,18-21H2,1H3/t27-,29-,30-,34-/m0/s1. The van der Waals surface area contributed by atoms with E-state index in [1.54, 1.807) is 11.8 Å². The summed E-state index contributed by atoms with van der Waals surface area (Å²) < 4.78 is 0. The molecule has 1 N–H and O–H groups in total. The minimum atomic E-state index is -1.28. The lowest BCUT2D eigenvalue weighted by Crippen LogP contribution is -2.55. The van der Waals surface area contributed by atoms with Gasteiger partial charge in [-0.3, -0.25) is 24.6 Å². The molecule has 0 saturated carbocycles. The number of thioether (sulfide) groups is 1. The van der Waals surface area contributed by atoms with E-state index >= 15 is 0 Å². The molecule has 0 aromatic heterocycles. The summed E-state index contributed by atoms with van der Waals surface area (Å²) in [4.78, 5) is 46.2. The molecule has 7 heteroatoms. The molecule has 6 nitrogen and oxygen atoms in total. The highest BCUT2D eigenvalue weighted by Gasteiger charge is 2.71. The number of nitrogens with zero attached hydrogens (tertiary/aromatic N) is 2. The van der Waals surface area contributed by atoms with Crippen LogP contribution in [0.3, 0.4) is 0 Å². The number of amides is 3. The lowest BCUT2D eigenvalue weighted by molar-refractivity contribution is -0.143. The van der Waals surface area contributed by atoms with Crippen LogP contribution in [0, 0.1) is 11.8 Å². The van der Waals surface area contributed by atoms with Crippen molar-refractivity contribution in [2.45, 2.75) is 31.1 Å². The molecule has 3 amide bonds. The number of imide groups is 1. The summed E-state index contributed by atoms with van der Waals surface area (Å²) in [5.41, 5.74) is 2.23. The molecular weight excluding hydrogens is 530 g/mol. The number of carbonyl (C=O) groups excluding carboxylic acids is 3. The first-order chi connectivity index (χ1) is 20.0. The van der Waals surface area contributed by atoms with Gasteiger partial charge in [-0.05, 0) is 46.4 Å². The molecule has 2 fully saturated rings. The number of anilines is 1. The molecule has 0 unspecified atom stereocenters. The van der Waals surface area contributed by atoms with Crippen molar-refractivity contribution >= 4 is 45.9 Å². The van der Waals surface area contributed by atoms with Gasteiger partial charge in [0.15, 0.2) is 0 Å². The summed E-state index contributed by atoms with van der Waals surface area (Å²) in [5, 5.41) is 5.84. The van der Waals surface area contributed by atoms with Gasteiger partial charge in [0.25, 0.3) is 5.91 Å². The predicted molar refractivity (Wildman–Crippen MR) is 162 cm³/mol. The summed E-state index contributed by atoms with van der Waals surface area (Å²) in [7, 11) is 0. The third-order valence-electron chi connectivity index (χ3n) is 8.98. The van der Waals surface area contributed by atoms with E-state index in [9.17, 15) is 14.4 Å². The molecule has 1 spiro atoms. The number of nitrogens with one attached hydrogen (secondary N) is 1. The van der Waals surface area contributed by atoms with Gasteiger partial charge in [0.05, 0.1) is 24.9 Å².